The summed E-state index contributed by atoms with van der Waals surface area (Å²) in [5, 5.41) is 14.6. The van der Waals surface area contributed by atoms with E-state index in [2.05, 4.69) is 25.6 Å². The van der Waals surface area contributed by atoms with Crippen LogP contribution >= 0.6 is 0 Å². The van der Waals surface area contributed by atoms with Crippen molar-refractivity contribution < 1.29 is 13.9 Å². The van der Waals surface area contributed by atoms with Crippen molar-refractivity contribution in [2.24, 2.45) is 0 Å². The Bertz CT molecular complexity index is 861. The normalized spacial score (nSPS) is 10.5. The van der Waals surface area contributed by atoms with E-state index in [4.69, 9.17) is 5.11 Å². The molecule has 0 saturated heterocycles. The number of hydrogen-bond acceptors (Lipinski definition) is 6. The Labute approximate surface area is 142 Å². The average molecular weight is 343 g/mol. The molecule has 8 heteroatoms. The van der Waals surface area contributed by atoms with Gasteiger partial charge in [0.15, 0.2) is 0 Å². The van der Waals surface area contributed by atoms with Crippen LogP contribution in [0.1, 0.15) is 0 Å². The van der Waals surface area contributed by atoms with Gasteiger partial charge in [0.25, 0.3) is 0 Å². The van der Waals surface area contributed by atoms with E-state index in [0.717, 1.165) is 23.8 Å². The summed E-state index contributed by atoms with van der Waals surface area (Å²) in [6.07, 6.45) is 3.27. The highest BCUT2D eigenvalue weighted by atomic mass is 19.1. The molecule has 6 nitrogen and oxygen atoms in total. The van der Waals surface area contributed by atoms with Gasteiger partial charge >= 0.3 is 0 Å². The number of aliphatic hydroxyl groups excluding tert-OH is 1. The lowest BCUT2D eigenvalue weighted by atomic mass is 10.2. The molecule has 0 aliphatic heterocycles. The SMILES string of the molecule is OCCNc1nc(Nc2cc(F)ccc2F)cc(-c2cccnc2)n1. The predicted octanol–water partition coefficient (Wildman–Crippen LogP) is 2.96. The molecule has 2 aromatic heterocycles. The molecular formula is C17H15F2N5O. The monoisotopic (exact) mass is 343 g/mol. The number of hydrogen-bond donors (Lipinski definition) is 3. The summed E-state index contributed by atoms with van der Waals surface area (Å²) in [4.78, 5) is 12.6. The maximum absolute atomic E-state index is 13.9. The second kappa shape index (κ2) is 7.63. The minimum atomic E-state index is -0.604. The van der Waals surface area contributed by atoms with E-state index in [9.17, 15) is 8.78 Å². The molecule has 3 aromatic rings. The minimum absolute atomic E-state index is 0.0380. The third-order valence-corrected chi connectivity index (χ3v) is 3.27. The second-order valence-electron chi connectivity index (χ2n) is 5.10. The second-order valence-corrected chi connectivity index (χ2v) is 5.10. The summed E-state index contributed by atoms with van der Waals surface area (Å²) in [7, 11) is 0. The van der Waals surface area contributed by atoms with Crippen LogP contribution in [0, 0.1) is 11.6 Å². The van der Waals surface area contributed by atoms with Gasteiger partial charge in [-0.2, -0.15) is 4.98 Å². The number of nitrogens with one attached hydrogen (secondary N) is 2. The van der Waals surface area contributed by atoms with Crippen molar-refractivity contribution in [1.82, 2.24) is 15.0 Å². The number of halogens is 2. The first-order valence-electron chi connectivity index (χ1n) is 7.52. The fourth-order valence-corrected chi connectivity index (χ4v) is 2.15. The fourth-order valence-electron chi connectivity index (χ4n) is 2.15. The number of pyridine rings is 1. The van der Waals surface area contributed by atoms with Crippen LogP contribution in [0.3, 0.4) is 0 Å². The van der Waals surface area contributed by atoms with E-state index < -0.39 is 11.6 Å². The van der Waals surface area contributed by atoms with E-state index >= 15 is 0 Å². The van der Waals surface area contributed by atoms with E-state index in [0.29, 0.717) is 5.69 Å². The highest BCUT2D eigenvalue weighted by Crippen LogP contribution is 2.24. The van der Waals surface area contributed by atoms with Crippen molar-refractivity contribution in [2.45, 2.75) is 0 Å². The predicted molar refractivity (Wildman–Crippen MR) is 90.5 cm³/mol. The summed E-state index contributed by atoms with van der Waals surface area (Å²) >= 11 is 0. The largest absolute Gasteiger partial charge is 0.395 e. The van der Waals surface area contributed by atoms with Gasteiger partial charge in [-0.25, -0.2) is 13.8 Å². The van der Waals surface area contributed by atoms with E-state index in [1.54, 1.807) is 24.5 Å². The quantitative estimate of drug-likeness (QED) is 0.638. The summed E-state index contributed by atoms with van der Waals surface area (Å²) in [6, 6.07) is 8.30. The number of rotatable bonds is 6. The van der Waals surface area contributed by atoms with Gasteiger partial charge in [0.05, 0.1) is 18.0 Å². The minimum Gasteiger partial charge on any atom is -0.395 e. The first kappa shape index (κ1) is 16.7. The smallest absolute Gasteiger partial charge is 0.225 e. The number of anilines is 3. The summed E-state index contributed by atoms with van der Waals surface area (Å²) in [5.74, 6) is -0.648. The van der Waals surface area contributed by atoms with Crippen LogP contribution in [-0.2, 0) is 0 Å². The van der Waals surface area contributed by atoms with Crippen LogP contribution in [0.4, 0.5) is 26.2 Å². The molecular weight excluding hydrogens is 328 g/mol. The van der Waals surface area contributed by atoms with Gasteiger partial charge in [-0.3, -0.25) is 4.98 Å². The molecule has 3 N–H and O–H groups in total. The van der Waals surface area contributed by atoms with Gasteiger partial charge in [0.2, 0.25) is 5.95 Å². The molecule has 128 valence electrons. The van der Waals surface area contributed by atoms with Gasteiger partial charge in [-0.05, 0) is 24.3 Å². The number of benzene rings is 1. The highest BCUT2D eigenvalue weighted by Gasteiger charge is 2.10. The molecule has 0 amide bonds. The zero-order valence-corrected chi connectivity index (χ0v) is 13.1. The molecule has 0 radical (unpaired) electrons. The molecule has 0 unspecified atom stereocenters. The number of aliphatic hydroxyl groups is 1. The van der Waals surface area contributed by atoms with Gasteiger partial charge in [-0.1, -0.05) is 0 Å². The van der Waals surface area contributed by atoms with Crippen LogP contribution in [0.2, 0.25) is 0 Å². The Morgan fingerprint density at radius 2 is 1.96 bits per heavy atom. The molecule has 0 aliphatic rings. The van der Waals surface area contributed by atoms with Gasteiger partial charge < -0.3 is 15.7 Å². The molecule has 0 saturated carbocycles. The van der Waals surface area contributed by atoms with Crippen molar-refractivity contribution in [3.63, 3.8) is 0 Å². The van der Waals surface area contributed by atoms with Crippen molar-refractivity contribution in [1.29, 1.82) is 0 Å². The van der Waals surface area contributed by atoms with Crippen LogP contribution in [0.15, 0.2) is 48.8 Å². The summed E-state index contributed by atoms with van der Waals surface area (Å²) < 4.78 is 27.2. The average Bonchev–Trinajstić information content (AvgIpc) is 2.63. The summed E-state index contributed by atoms with van der Waals surface area (Å²) in [6.45, 7) is 0.159. The zero-order chi connectivity index (χ0) is 17.6. The van der Waals surface area contributed by atoms with Crippen LogP contribution in [0.5, 0.6) is 0 Å². The number of nitrogens with zero attached hydrogens (tertiary/aromatic N) is 3. The first-order chi connectivity index (χ1) is 12.2. The Kier molecular flexibility index (Phi) is 5.10. The Morgan fingerprint density at radius 3 is 2.72 bits per heavy atom. The molecule has 0 aliphatic carbocycles. The first-order valence-corrected chi connectivity index (χ1v) is 7.52. The molecule has 0 fully saturated rings. The maximum Gasteiger partial charge on any atom is 0.225 e. The Morgan fingerprint density at radius 1 is 1.08 bits per heavy atom. The molecule has 0 spiro atoms. The lowest BCUT2D eigenvalue weighted by molar-refractivity contribution is 0.311. The van der Waals surface area contributed by atoms with Gasteiger partial charge in [-0.15, -0.1) is 0 Å². The molecule has 1 aromatic carbocycles. The third kappa shape index (κ3) is 4.24. The van der Waals surface area contributed by atoms with Gasteiger partial charge in [0, 0.05) is 36.6 Å². The van der Waals surface area contributed by atoms with Gasteiger partial charge in [0.1, 0.15) is 17.5 Å². The topological polar surface area (TPSA) is 83.0 Å². The lowest BCUT2D eigenvalue weighted by Gasteiger charge is -2.11. The van der Waals surface area contributed by atoms with Crippen LogP contribution in [-0.4, -0.2) is 33.2 Å². The van der Waals surface area contributed by atoms with Crippen LogP contribution in [0.25, 0.3) is 11.3 Å². The molecule has 3 rings (SSSR count). The molecule has 2 heterocycles. The van der Waals surface area contributed by atoms with Crippen molar-refractivity contribution in [3.8, 4) is 11.3 Å². The van der Waals surface area contributed by atoms with Crippen molar-refractivity contribution in [2.75, 3.05) is 23.8 Å². The van der Waals surface area contributed by atoms with Crippen LogP contribution < -0.4 is 10.6 Å². The standard InChI is InChI=1S/C17H15F2N5O/c18-12-3-4-13(19)15(8-12)22-16-9-14(11-2-1-5-20-10-11)23-17(24-16)21-6-7-25/h1-5,8-10,25H,6-7H2,(H2,21,22,23,24). The molecule has 0 atom stereocenters. The Balaban J connectivity index is 1.98. The van der Waals surface area contributed by atoms with Crippen molar-refractivity contribution in [3.05, 3.63) is 60.4 Å². The fraction of sp³-hybridized carbons (Fsp3) is 0.118. The highest BCUT2D eigenvalue weighted by molar-refractivity contribution is 5.67. The Hall–Kier alpha value is -3.13. The van der Waals surface area contributed by atoms with E-state index in [-0.39, 0.29) is 30.6 Å². The molecule has 0 bridgehead atoms. The number of aromatic nitrogens is 3. The maximum atomic E-state index is 13.9. The zero-order valence-electron chi connectivity index (χ0n) is 13.1. The lowest BCUT2D eigenvalue weighted by Crippen LogP contribution is -2.10. The third-order valence-electron chi connectivity index (χ3n) is 3.27. The van der Waals surface area contributed by atoms with E-state index in [1.165, 1.54) is 0 Å². The summed E-state index contributed by atoms with van der Waals surface area (Å²) in [5.41, 5.74) is 1.24. The van der Waals surface area contributed by atoms with E-state index in [1.807, 2.05) is 6.07 Å². The molecule has 25 heavy (non-hydrogen) atoms. The van der Waals surface area contributed by atoms with Crippen molar-refractivity contribution >= 4 is 17.5 Å².